The molecule has 238 valence electrons. The fourth-order valence-corrected chi connectivity index (χ4v) is 6.25. The number of fused-ring (bicyclic) bond motifs is 2. The van der Waals surface area contributed by atoms with Gasteiger partial charge in [-0.2, -0.15) is 12.1 Å². The second-order valence-corrected chi connectivity index (χ2v) is 17.4. The van der Waals surface area contributed by atoms with Gasteiger partial charge in [0, 0.05) is 9.52 Å². The van der Waals surface area contributed by atoms with E-state index >= 15 is 0 Å². The maximum absolute atomic E-state index is 4.93. The van der Waals surface area contributed by atoms with Crippen LogP contribution in [0.25, 0.3) is 43.8 Å². The summed E-state index contributed by atoms with van der Waals surface area (Å²) in [5.41, 5.74) is 13.8. The number of halogens is 2. The van der Waals surface area contributed by atoms with Crippen molar-refractivity contribution in [2.45, 2.75) is 80.3 Å². The molecule has 0 bridgehead atoms. The third kappa shape index (κ3) is 9.44. The molecule has 2 radical (unpaired) electrons. The Kier molecular flexibility index (Phi) is 15.3. The van der Waals surface area contributed by atoms with E-state index in [1.165, 1.54) is 77.2 Å². The molecule has 0 saturated heterocycles. The maximum atomic E-state index is 4.93. The second-order valence-electron chi connectivity index (χ2n) is 12.6. The third-order valence-corrected chi connectivity index (χ3v) is 8.19. The number of aryl methyl sites for hydroxylation is 4. The first-order chi connectivity index (χ1) is 22.0. The van der Waals surface area contributed by atoms with Crippen molar-refractivity contribution in [1.29, 1.82) is 0 Å². The average Bonchev–Trinajstić information content (AvgIpc) is 3.59. The first-order valence-electron chi connectivity index (χ1n) is 16.1. The van der Waals surface area contributed by atoms with E-state index < -0.39 is 20.8 Å². The van der Waals surface area contributed by atoms with Crippen LogP contribution in [0.2, 0.25) is 13.1 Å². The Morgan fingerprint density at radius 2 is 0.891 bits per heavy atom. The van der Waals surface area contributed by atoms with Crippen LogP contribution < -0.4 is 0 Å². The zero-order chi connectivity index (χ0) is 34.0. The van der Waals surface area contributed by atoms with E-state index in [9.17, 15) is 0 Å². The van der Waals surface area contributed by atoms with Gasteiger partial charge < -0.3 is 0 Å². The predicted octanol–water partition coefficient (Wildman–Crippen LogP) is 14.1. The van der Waals surface area contributed by atoms with Crippen LogP contribution in [0, 0.1) is 27.7 Å². The molecule has 4 heteroatoms. The molecule has 6 aromatic rings. The van der Waals surface area contributed by atoms with E-state index in [1.54, 1.807) is 0 Å². The molecule has 0 N–H and O–H groups in total. The molecule has 0 aliphatic carbocycles. The van der Waals surface area contributed by atoms with Gasteiger partial charge in [-0.1, -0.05) is 125 Å². The molecule has 0 spiro atoms. The van der Waals surface area contributed by atoms with Gasteiger partial charge in [0.05, 0.1) is 0 Å². The summed E-state index contributed by atoms with van der Waals surface area (Å²) in [7, 11) is 11.0. The zero-order valence-corrected chi connectivity index (χ0v) is 34.1. The fraction of sp³-hybridized carbons (Fsp3) is 0.286. The van der Waals surface area contributed by atoms with Gasteiger partial charge in [0.2, 0.25) is 0 Å². The molecule has 0 saturated carbocycles. The van der Waals surface area contributed by atoms with Crippen LogP contribution in [0.1, 0.15) is 72.9 Å². The van der Waals surface area contributed by atoms with Gasteiger partial charge in [-0.15, -0.1) is 69.1 Å². The van der Waals surface area contributed by atoms with Crippen molar-refractivity contribution in [3.63, 3.8) is 0 Å². The van der Waals surface area contributed by atoms with Crippen LogP contribution in [-0.2, 0) is 20.8 Å². The van der Waals surface area contributed by atoms with E-state index in [0.29, 0.717) is 11.8 Å². The van der Waals surface area contributed by atoms with Gasteiger partial charge in [0.1, 0.15) is 0 Å². The summed E-state index contributed by atoms with van der Waals surface area (Å²) in [5, 5.41) is 5.47. The molecule has 0 aliphatic heterocycles. The van der Waals surface area contributed by atoms with Crippen molar-refractivity contribution in [2.75, 3.05) is 0 Å². The molecule has 0 nitrogen and oxygen atoms in total. The van der Waals surface area contributed by atoms with Crippen LogP contribution in [-0.4, -0.2) is 9.52 Å². The Balaban J connectivity index is 0.000000214. The molecule has 0 aromatic heterocycles. The Labute approximate surface area is 299 Å². The fourth-order valence-electron chi connectivity index (χ4n) is 6.25. The predicted molar refractivity (Wildman–Crippen MR) is 206 cm³/mol. The summed E-state index contributed by atoms with van der Waals surface area (Å²) in [6, 6.07) is 35.8. The first kappa shape index (κ1) is 38.2. The van der Waals surface area contributed by atoms with E-state index in [0.717, 1.165) is 9.52 Å². The molecule has 0 amide bonds. The molecule has 6 aromatic carbocycles. The summed E-state index contributed by atoms with van der Waals surface area (Å²) in [4.78, 5) is 0. The molecular formula is C42H48Cl2SiZr. The molecule has 0 heterocycles. The van der Waals surface area contributed by atoms with Crippen molar-refractivity contribution in [3.8, 4) is 22.3 Å². The topological polar surface area (TPSA) is 0 Å². The summed E-state index contributed by atoms with van der Waals surface area (Å²) < 4.78 is 0. The Morgan fingerprint density at radius 3 is 1.22 bits per heavy atom. The van der Waals surface area contributed by atoms with Crippen molar-refractivity contribution in [1.82, 2.24) is 0 Å². The Hall–Kier alpha value is -2.22. The van der Waals surface area contributed by atoms with Crippen LogP contribution in [0.3, 0.4) is 0 Å². The molecule has 46 heavy (non-hydrogen) atoms. The zero-order valence-electron chi connectivity index (χ0n) is 29.1. The van der Waals surface area contributed by atoms with Crippen LogP contribution in [0.4, 0.5) is 0 Å². The molecule has 0 aliphatic rings. The Bertz CT molecular complexity index is 1700. The average molecular weight is 743 g/mol. The van der Waals surface area contributed by atoms with Gasteiger partial charge in [-0.05, 0) is 47.9 Å². The van der Waals surface area contributed by atoms with Crippen LogP contribution in [0.15, 0.2) is 97.1 Å². The van der Waals surface area contributed by atoms with Gasteiger partial charge in [0.25, 0.3) is 0 Å². The standard InChI is InChI=1S/2C20H21.C2H6Si.2ClH.Zr/c2*1-13(2)17-7-5-6-8-18(17)20-15(4)9-10-16-11-14(3)12-19(16)20;1-3-2;;;/h2*5-13H,1-4H3;1-2H3;2*1H;/q2*-1;;;;+4/p-2. The summed E-state index contributed by atoms with van der Waals surface area (Å²) in [6.07, 6.45) is 0. The summed E-state index contributed by atoms with van der Waals surface area (Å²) in [5.74, 6) is 1.08. The summed E-state index contributed by atoms with van der Waals surface area (Å²) in [6.45, 7) is 22.2. The van der Waals surface area contributed by atoms with Gasteiger partial charge in [0.15, 0.2) is 0 Å². The number of hydrogen-bond donors (Lipinski definition) is 0. The van der Waals surface area contributed by atoms with Gasteiger partial charge in [-0.3, -0.25) is 0 Å². The second kappa shape index (κ2) is 18.4. The quantitative estimate of drug-likeness (QED) is 0.125. The minimum absolute atomic E-state index is 0.539. The number of benzene rings is 4. The van der Waals surface area contributed by atoms with Crippen LogP contribution in [0.5, 0.6) is 0 Å². The van der Waals surface area contributed by atoms with Gasteiger partial charge in [-0.25, -0.2) is 0 Å². The number of rotatable bonds is 4. The third-order valence-electron chi connectivity index (χ3n) is 8.19. The van der Waals surface area contributed by atoms with Crippen molar-refractivity contribution in [3.05, 3.63) is 130 Å². The van der Waals surface area contributed by atoms with E-state index in [1.807, 2.05) is 0 Å². The molecule has 0 fully saturated rings. The Morgan fingerprint density at radius 1 is 0.565 bits per heavy atom. The number of hydrogen-bond acceptors (Lipinski definition) is 0. The SMILES string of the molecule is C[Si]C.Cc1cc2c(-c3ccccc3C(C)C)c(C)ccc2[cH-]1.Cc1cc2c(-c3ccccc3C(C)C)c(C)ccc2[cH-]1.[Cl][Zr+2][Cl]. The molecule has 0 atom stereocenters. The minimum atomic E-state index is -0.826. The van der Waals surface area contributed by atoms with E-state index in [4.69, 9.17) is 17.0 Å². The van der Waals surface area contributed by atoms with Crippen LogP contribution >= 0.6 is 17.0 Å². The van der Waals surface area contributed by atoms with E-state index in [2.05, 4.69) is 166 Å². The first-order valence-corrected chi connectivity index (χ1v) is 24.4. The normalized spacial score (nSPS) is 10.6. The monoisotopic (exact) mass is 740 g/mol. The summed E-state index contributed by atoms with van der Waals surface area (Å²) >= 11 is -0.826. The van der Waals surface area contributed by atoms with Gasteiger partial charge >= 0.3 is 37.9 Å². The van der Waals surface area contributed by atoms with Crippen molar-refractivity contribution < 1.29 is 20.8 Å². The van der Waals surface area contributed by atoms with Crippen molar-refractivity contribution >= 4 is 48.1 Å². The molecule has 0 unspecified atom stereocenters. The molecular weight excluding hydrogens is 695 g/mol. The van der Waals surface area contributed by atoms with E-state index in [-0.39, 0.29) is 0 Å². The van der Waals surface area contributed by atoms with Crippen molar-refractivity contribution in [2.24, 2.45) is 0 Å². The molecule has 6 rings (SSSR count).